The molecule has 6 heteroatoms. The SMILES string of the molecule is Cn1ccnc1Cn1c(CCCl)nc2c(Cl)cccc21. The summed E-state index contributed by atoms with van der Waals surface area (Å²) in [6.07, 6.45) is 4.43. The van der Waals surface area contributed by atoms with Gasteiger partial charge in [-0.25, -0.2) is 9.97 Å². The molecule has 0 saturated heterocycles. The van der Waals surface area contributed by atoms with Crippen molar-refractivity contribution in [3.05, 3.63) is 47.3 Å². The van der Waals surface area contributed by atoms with Crippen molar-refractivity contribution < 1.29 is 0 Å². The van der Waals surface area contributed by atoms with Gasteiger partial charge < -0.3 is 9.13 Å². The van der Waals surface area contributed by atoms with Crippen molar-refractivity contribution in [1.82, 2.24) is 19.1 Å². The topological polar surface area (TPSA) is 35.6 Å². The van der Waals surface area contributed by atoms with Crippen LogP contribution in [0, 0.1) is 0 Å². The summed E-state index contributed by atoms with van der Waals surface area (Å²) in [6.45, 7) is 0.659. The number of hydrogen-bond donors (Lipinski definition) is 0. The van der Waals surface area contributed by atoms with Crippen LogP contribution in [-0.2, 0) is 20.0 Å². The van der Waals surface area contributed by atoms with Crippen molar-refractivity contribution in [3.63, 3.8) is 0 Å². The maximum Gasteiger partial charge on any atom is 0.128 e. The molecule has 20 heavy (non-hydrogen) atoms. The van der Waals surface area contributed by atoms with Crippen LogP contribution in [0.25, 0.3) is 11.0 Å². The Labute approximate surface area is 127 Å². The number of rotatable bonds is 4. The van der Waals surface area contributed by atoms with Gasteiger partial charge in [-0.15, -0.1) is 11.6 Å². The Morgan fingerprint density at radius 1 is 1.25 bits per heavy atom. The minimum Gasteiger partial charge on any atom is -0.337 e. The zero-order valence-corrected chi connectivity index (χ0v) is 12.6. The normalized spacial score (nSPS) is 11.3. The van der Waals surface area contributed by atoms with Crippen LogP contribution < -0.4 is 0 Å². The second-order valence-electron chi connectivity index (χ2n) is 4.62. The summed E-state index contributed by atoms with van der Waals surface area (Å²) in [5, 5.41) is 0.664. The van der Waals surface area contributed by atoms with E-state index >= 15 is 0 Å². The summed E-state index contributed by atoms with van der Waals surface area (Å²) in [4.78, 5) is 8.99. The number of imidazole rings is 2. The highest BCUT2D eigenvalue weighted by atomic mass is 35.5. The summed E-state index contributed by atoms with van der Waals surface area (Å²) in [6, 6.07) is 5.81. The fourth-order valence-corrected chi connectivity index (χ4v) is 2.68. The van der Waals surface area contributed by atoms with E-state index in [1.807, 2.05) is 36.0 Å². The van der Waals surface area contributed by atoms with Crippen LogP contribution in [0.2, 0.25) is 5.02 Å². The third-order valence-corrected chi connectivity index (χ3v) is 3.84. The molecule has 0 amide bonds. The first-order chi connectivity index (χ1) is 9.70. The minimum absolute atomic E-state index is 0.529. The molecule has 2 heterocycles. The van der Waals surface area contributed by atoms with E-state index < -0.39 is 0 Å². The highest BCUT2D eigenvalue weighted by molar-refractivity contribution is 6.34. The van der Waals surface area contributed by atoms with E-state index in [2.05, 4.69) is 14.5 Å². The van der Waals surface area contributed by atoms with Gasteiger partial charge in [0.15, 0.2) is 0 Å². The fourth-order valence-electron chi connectivity index (χ4n) is 2.30. The number of halogens is 2. The van der Waals surface area contributed by atoms with Crippen molar-refractivity contribution in [2.75, 3.05) is 5.88 Å². The lowest BCUT2D eigenvalue weighted by Crippen LogP contribution is -2.09. The number of benzene rings is 1. The molecule has 2 aromatic heterocycles. The Morgan fingerprint density at radius 2 is 2.10 bits per heavy atom. The van der Waals surface area contributed by atoms with Crippen LogP contribution in [-0.4, -0.2) is 25.0 Å². The van der Waals surface area contributed by atoms with Crippen LogP contribution in [0.3, 0.4) is 0 Å². The summed E-state index contributed by atoms with van der Waals surface area (Å²) in [7, 11) is 1.98. The Balaban J connectivity index is 2.14. The molecule has 3 aromatic rings. The van der Waals surface area contributed by atoms with Gasteiger partial charge in [-0.3, -0.25) is 0 Å². The predicted molar refractivity (Wildman–Crippen MR) is 81.5 cm³/mol. The van der Waals surface area contributed by atoms with E-state index in [-0.39, 0.29) is 0 Å². The molecular weight excluding hydrogens is 295 g/mol. The molecule has 0 bridgehead atoms. The van der Waals surface area contributed by atoms with Crippen molar-refractivity contribution in [1.29, 1.82) is 0 Å². The lowest BCUT2D eigenvalue weighted by Gasteiger charge is -2.08. The maximum atomic E-state index is 6.23. The molecule has 4 nitrogen and oxygen atoms in total. The largest absolute Gasteiger partial charge is 0.337 e. The smallest absolute Gasteiger partial charge is 0.128 e. The molecule has 0 aliphatic heterocycles. The molecule has 0 spiro atoms. The van der Waals surface area contributed by atoms with Crippen LogP contribution in [0.4, 0.5) is 0 Å². The number of para-hydroxylation sites is 1. The molecule has 3 rings (SSSR count). The quantitative estimate of drug-likeness (QED) is 0.694. The van der Waals surface area contributed by atoms with E-state index in [4.69, 9.17) is 23.2 Å². The van der Waals surface area contributed by atoms with Gasteiger partial charge in [-0.05, 0) is 12.1 Å². The lowest BCUT2D eigenvalue weighted by molar-refractivity contribution is 0.682. The average molecular weight is 309 g/mol. The second kappa shape index (κ2) is 5.46. The molecule has 0 saturated carbocycles. The third-order valence-electron chi connectivity index (χ3n) is 3.35. The van der Waals surface area contributed by atoms with Gasteiger partial charge in [-0.1, -0.05) is 17.7 Å². The summed E-state index contributed by atoms with van der Waals surface area (Å²) in [5.41, 5.74) is 1.84. The van der Waals surface area contributed by atoms with E-state index in [0.29, 0.717) is 23.9 Å². The first kappa shape index (κ1) is 13.5. The van der Waals surface area contributed by atoms with E-state index in [9.17, 15) is 0 Å². The minimum atomic E-state index is 0.529. The van der Waals surface area contributed by atoms with Crippen LogP contribution >= 0.6 is 23.2 Å². The molecule has 104 valence electrons. The van der Waals surface area contributed by atoms with Crippen molar-refractivity contribution in [2.24, 2.45) is 7.05 Å². The van der Waals surface area contributed by atoms with Gasteiger partial charge in [0.1, 0.15) is 17.2 Å². The molecule has 0 radical (unpaired) electrons. The van der Waals surface area contributed by atoms with Crippen LogP contribution in [0.5, 0.6) is 0 Å². The average Bonchev–Trinajstić information content (AvgIpc) is 2.98. The van der Waals surface area contributed by atoms with Crippen LogP contribution in [0.15, 0.2) is 30.6 Å². The molecule has 0 aliphatic carbocycles. The van der Waals surface area contributed by atoms with Gasteiger partial charge in [0, 0.05) is 31.7 Å². The highest BCUT2D eigenvalue weighted by Gasteiger charge is 2.14. The van der Waals surface area contributed by atoms with Crippen LogP contribution in [0.1, 0.15) is 11.6 Å². The summed E-state index contributed by atoms with van der Waals surface area (Å²) >= 11 is 12.1. The number of fused-ring (bicyclic) bond motifs is 1. The number of aromatic nitrogens is 4. The number of hydrogen-bond acceptors (Lipinski definition) is 2. The molecule has 0 unspecified atom stereocenters. The summed E-state index contributed by atoms with van der Waals surface area (Å²) in [5.74, 6) is 2.44. The van der Waals surface area contributed by atoms with Crippen molar-refractivity contribution >= 4 is 34.2 Å². The van der Waals surface area contributed by atoms with Gasteiger partial charge in [0.25, 0.3) is 0 Å². The second-order valence-corrected chi connectivity index (χ2v) is 5.40. The Bertz CT molecular complexity index is 745. The Kier molecular flexibility index (Phi) is 3.68. The van der Waals surface area contributed by atoms with E-state index in [1.54, 1.807) is 6.20 Å². The van der Waals surface area contributed by atoms with Gasteiger partial charge in [-0.2, -0.15) is 0 Å². The molecule has 0 fully saturated rings. The maximum absolute atomic E-state index is 6.23. The first-order valence-electron chi connectivity index (χ1n) is 6.36. The molecular formula is C14H14Cl2N4. The van der Waals surface area contributed by atoms with Gasteiger partial charge >= 0.3 is 0 Å². The zero-order chi connectivity index (χ0) is 14.1. The monoisotopic (exact) mass is 308 g/mol. The van der Waals surface area contributed by atoms with E-state index in [0.717, 1.165) is 22.7 Å². The molecule has 0 N–H and O–H groups in total. The Hall–Kier alpha value is -1.52. The zero-order valence-electron chi connectivity index (χ0n) is 11.1. The summed E-state index contributed by atoms with van der Waals surface area (Å²) < 4.78 is 4.13. The van der Waals surface area contributed by atoms with E-state index in [1.165, 1.54) is 0 Å². The predicted octanol–water partition coefficient (Wildman–Crippen LogP) is 3.25. The number of aryl methyl sites for hydroxylation is 2. The molecule has 0 aliphatic rings. The fraction of sp³-hybridized carbons (Fsp3) is 0.286. The number of nitrogens with zero attached hydrogens (tertiary/aromatic N) is 4. The molecule has 1 aromatic carbocycles. The van der Waals surface area contributed by atoms with Crippen molar-refractivity contribution in [3.8, 4) is 0 Å². The van der Waals surface area contributed by atoms with Crippen molar-refractivity contribution in [2.45, 2.75) is 13.0 Å². The first-order valence-corrected chi connectivity index (χ1v) is 7.27. The molecule has 0 atom stereocenters. The van der Waals surface area contributed by atoms with Gasteiger partial charge in [0.2, 0.25) is 0 Å². The lowest BCUT2D eigenvalue weighted by atomic mass is 10.3. The number of alkyl halides is 1. The third kappa shape index (κ3) is 2.30. The van der Waals surface area contributed by atoms with Gasteiger partial charge in [0.05, 0.1) is 17.1 Å². The standard InChI is InChI=1S/C14H14Cl2N4/c1-19-8-7-17-13(19)9-20-11-4-2-3-10(16)14(11)18-12(20)5-6-15/h2-4,7-8H,5-6,9H2,1H3. The Morgan fingerprint density at radius 3 is 2.80 bits per heavy atom. The highest BCUT2D eigenvalue weighted by Crippen LogP contribution is 2.25.